The topological polar surface area (TPSA) is 43.8 Å². The van der Waals surface area contributed by atoms with Crippen molar-refractivity contribution in [1.82, 2.24) is 4.90 Å². The third-order valence-corrected chi connectivity index (χ3v) is 3.68. The van der Waals surface area contributed by atoms with Crippen molar-refractivity contribution >= 4 is 11.7 Å². The minimum atomic E-state index is -0.835. The van der Waals surface area contributed by atoms with Crippen molar-refractivity contribution in [3.05, 3.63) is 29.8 Å². The molecule has 0 saturated carbocycles. The minimum Gasteiger partial charge on any atom is -0.480 e. The predicted molar refractivity (Wildman–Crippen MR) is 71.9 cm³/mol. The van der Waals surface area contributed by atoms with Gasteiger partial charge in [-0.2, -0.15) is 0 Å². The van der Waals surface area contributed by atoms with Crippen LogP contribution in [0.2, 0.25) is 0 Å². The average molecular weight is 284 g/mol. The van der Waals surface area contributed by atoms with Gasteiger partial charge in [0.15, 0.2) is 0 Å². The Hall–Kier alpha value is -1.69. The van der Waals surface area contributed by atoms with Gasteiger partial charge < -0.3 is 10.0 Å². The number of piperazine rings is 1. The number of hydrogen-bond acceptors (Lipinski definition) is 3. The van der Waals surface area contributed by atoms with Gasteiger partial charge in [-0.25, -0.2) is 8.78 Å². The van der Waals surface area contributed by atoms with E-state index in [0.29, 0.717) is 32.6 Å². The van der Waals surface area contributed by atoms with Gasteiger partial charge in [0, 0.05) is 32.2 Å². The highest BCUT2D eigenvalue weighted by Crippen LogP contribution is 2.22. The molecule has 0 spiro atoms. The van der Waals surface area contributed by atoms with Crippen molar-refractivity contribution < 1.29 is 18.7 Å². The largest absolute Gasteiger partial charge is 0.480 e. The van der Waals surface area contributed by atoms with Gasteiger partial charge in [0.05, 0.1) is 5.69 Å². The van der Waals surface area contributed by atoms with Crippen molar-refractivity contribution in [1.29, 1.82) is 0 Å². The normalized spacial score (nSPS) is 18.1. The highest BCUT2D eigenvalue weighted by Gasteiger charge is 2.28. The quantitative estimate of drug-likeness (QED) is 0.918. The van der Waals surface area contributed by atoms with Crippen molar-refractivity contribution in [3.63, 3.8) is 0 Å². The number of carbonyl (C=O) groups is 1. The summed E-state index contributed by atoms with van der Waals surface area (Å²) in [4.78, 5) is 14.7. The fourth-order valence-electron chi connectivity index (χ4n) is 2.59. The predicted octanol–water partition coefficient (Wildman–Crippen LogP) is 1.95. The van der Waals surface area contributed by atoms with E-state index < -0.39 is 23.6 Å². The first-order valence-electron chi connectivity index (χ1n) is 6.69. The van der Waals surface area contributed by atoms with Crippen molar-refractivity contribution in [3.8, 4) is 0 Å². The molecule has 2 rings (SSSR count). The van der Waals surface area contributed by atoms with Crippen LogP contribution in [0, 0.1) is 11.6 Å². The molecular weight excluding hydrogens is 266 g/mol. The number of rotatable bonds is 4. The molecule has 1 aromatic carbocycles. The molecule has 1 unspecified atom stereocenters. The zero-order valence-corrected chi connectivity index (χ0v) is 11.4. The van der Waals surface area contributed by atoms with Crippen molar-refractivity contribution in [2.75, 3.05) is 31.1 Å². The standard InChI is InChI=1S/C14H18F2N2O2/c1-2-12(14(19)20)17-5-7-18(8-6-17)13-9-10(15)3-4-11(13)16/h3-4,9,12H,2,5-8H2,1H3,(H,19,20). The monoisotopic (exact) mass is 284 g/mol. The number of carboxylic acids is 1. The zero-order valence-electron chi connectivity index (χ0n) is 11.4. The molecule has 0 radical (unpaired) electrons. The highest BCUT2D eigenvalue weighted by atomic mass is 19.1. The first-order valence-corrected chi connectivity index (χ1v) is 6.69. The minimum absolute atomic E-state index is 0.244. The molecule has 1 aromatic rings. The summed E-state index contributed by atoms with van der Waals surface area (Å²) < 4.78 is 26.9. The summed E-state index contributed by atoms with van der Waals surface area (Å²) in [7, 11) is 0. The van der Waals surface area contributed by atoms with E-state index in [9.17, 15) is 13.6 Å². The summed E-state index contributed by atoms with van der Waals surface area (Å²) in [5.41, 5.74) is 0.244. The van der Waals surface area contributed by atoms with Crippen LogP contribution >= 0.6 is 0 Å². The molecule has 0 amide bonds. The number of anilines is 1. The van der Waals surface area contributed by atoms with Crippen LogP contribution in [-0.2, 0) is 4.79 Å². The lowest BCUT2D eigenvalue weighted by molar-refractivity contribution is -0.143. The molecule has 1 fully saturated rings. The number of carboxylic acid groups (broad SMARTS) is 1. The number of hydrogen-bond donors (Lipinski definition) is 1. The summed E-state index contributed by atoms with van der Waals surface area (Å²) in [6, 6.07) is 2.88. The third-order valence-electron chi connectivity index (χ3n) is 3.68. The molecule has 4 nitrogen and oxygen atoms in total. The average Bonchev–Trinajstić information content (AvgIpc) is 2.43. The lowest BCUT2D eigenvalue weighted by atomic mass is 10.1. The van der Waals surface area contributed by atoms with Crippen LogP contribution in [0.4, 0.5) is 14.5 Å². The molecule has 0 aromatic heterocycles. The van der Waals surface area contributed by atoms with Crippen LogP contribution in [0.1, 0.15) is 13.3 Å². The first kappa shape index (κ1) is 14.7. The molecule has 110 valence electrons. The Morgan fingerprint density at radius 2 is 1.95 bits per heavy atom. The van der Waals surface area contributed by atoms with E-state index in [1.807, 2.05) is 11.8 Å². The molecule has 0 bridgehead atoms. The van der Waals surface area contributed by atoms with Crippen LogP contribution in [0.3, 0.4) is 0 Å². The molecule has 1 atom stereocenters. The maximum absolute atomic E-state index is 13.7. The van der Waals surface area contributed by atoms with Crippen LogP contribution in [0.15, 0.2) is 18.2 Å². The van der Waals surface area contributed by atoms with Gasteiger partial charge in [-0.15, -0.1) is 0 Å². The number of benzene rings is 1. The van der Waals surface area contributed by atoms with Gasteiger partial charge in [0.1, 0.15) is 17.7 Å². The number of nitrogens with zero attached hydrogens (tertiary/aromatic N) is 2. The molecular formula is C14H18F2N2O2. The summed E-state index contributed by atoms with van der Waals surface area (Å²) in [5.74, 6) is -1.76. The number of halogens is 2. The van der Waals surface area contributed by atoms with Gasteiger partial charge in [-0.3, -0.25) is 9.69 Å². The fraction of sp³-hybridized carbons (Fsp3) is 0.500. The van der Waals surface area contributed by atoms with E-state index in [-0.39, 0.29) is 5.69 Å². The van der Waals surface area contributed by atoms with Crippen LogP contribution in [-0.4, -0.2) is 48.2 Å². The third kappa shape index (κ3) is 3.07. The molecule has 6 heteroatoms. The number of aliphatic carboxylic acids is 1. The lowest BCUT2D eigenvalue weighted by Crippen LogP contribution is -2.52. The Labute approximate surface area is 116 Å². The van der Waals surface area contributed by atoms with Crippen molar-refractivity contribution in [2.45, 2.75) is 19.4 Å². The van der Waals surface area contributed by atoms with Crippen LogP contribution in [0.5, 0.6) is 0 Å². The van der Waals surface area contributed by atoms with Gasteiger partial charge >= 0.3 is 5.97 Å². The van der Waals surface area contributed by atoms with E-state index in [1.165, 1.54) is 6.07 Å². The zero-order chi connectivity index (χ0) is 14.7. The fourth-order valence-corrected chi connectivity index (χ4v) is 2.59. The van der Waals surface area contributed by atoms with E-state index in [2.05, 4.69) is 0 Å². The molecule has 1 aliphatic heterocycles. The van der Waals surface area contributed by atoms with Gasteiger partial charge in [-0.1, -0.05) is 6.92 Å². The van der Waals surface area contributed by atoms with E-state index in [0.717, 1.165) is 12.1 Å². The smallest absolute Gasteiger partial charge is 0.320 e. The molecule has 1 aliphatic rings. The molecule has 1 saturated heterocycles. The Kier molecular flexibility index (Phi) is 4.54. The lowest BCUT2D eigenvalue weighted by Gasteiger charge is -2.38. The SMILES string of the molecule is CCC(C(=O)O)N1CCN(c2cc(F)ccc2F)CC1. The second-order valence-electron chi connectivity index (χ2n) is 4.88. The Morgan fingerprint density at radius 1 is 1.30 bits per heavy atom. The Balaban J connectivity index is 2.04. The van der Waals surface area contributed by atoms with Crippen molar-refractivity contribution in [2.24, 2.45) is 0 Å². The molecule has 20 heavy (non-hydrogen) atoms. The summed E-state index contributed by atoms with van der Waals surface area (Å²) in [5, 5.41) is 9.12. The summed E-state index contributed by atoms with van der Waals surface area (Å²) >= 11 is 0. The van der Waals surface area contributed by atoms with Crippen LogP contribution in [0.25, 0.3) is 0 Å². The van der Waals surface area contributed by atoms with Gasteiger partial charge in [-0.05, 0) is 18.6 Å². The van der Waals surface area contributed by atoms with Crippen LogP contribution < -0.4 is 4.90 Å². The van der Waals surface area contributed by atoms with Gasteiger partial charge in [0.25, 0.3) is 0 Å². The Bertz CT molecular complexity index is 488. The second kappa shape index (κ2) is 6.17. The molecule has 1 heterocycles. The summed E-state index contributed by atoms with van der Waals surface area (Å²) in [6.45, 7) is 3.87. The Morgan fingerprint density at radius 3 is 2.50 bits per heavy atom. The summed E-state index contributed by atoms with van der Waals surface area (Å²) in [6.07, 6.45) is 0.531. The first-order chi connectivity index (χ1) is 9.52. The van der Waals surface area contributed by atoms with E-state index in [4.69, 9.17) is 5.11 Å². The highest BCUT2D eigenvalue weighted by molar-refractivity contribution is 5.73. The molecule has 0 aliphatic carbocycles. The maximum Gasteiger partial charge on any atom is 0.320 e. The van der Waals surface area contributed by atoms with Gasteiger partial charge in [0.2, 0.25) is 0 Å². The van der Waals surface area contributed by atoms with E-state index in [1.54, 1.807) is 4.90 Å². The van der Waals surface area contributed by atoms with E-state index >= 15 is 0 Å². The maximum atomic E-state index is 13.7. The molecule has 1 N–H and O–H groups in total. The second-order valence-corrected chi connectivity index (χ2v) is 4.88.